The van der Waals surface area contributed by atoms with Crippen LogP contribution in [0.25, 0.3) is 0 Å². The van der Waals surface area contributed by atoms with Gasteiger partial charge >= 0.3 is 6.09 Å². The lowest BCUT2D eigenvalue weighted by Crippen LogP contribution is -2.50. The molecule has 2 aromatic rings. The first kappa shape index (κ1) is 29.8. The molecule has 0 radical (unpaired) electrons. The number of hydrogen-bond acceptors (Lipinski definition) is 5. The van der Waals surface area contributed by atoms with Crippen LogP contribution in [0.15, 0.2) is 34.9 Å². The summed E-state index contributed by atoms with van der Waals surface area (Å²) in [6, 6.07) is 8.97. The molecule has 0 spiro atoms. The minimum absolute atomic E-state index is 0.155. The fourth-order valence-electron chi connectivity index (χ4n) is 7.03. The first-order valence-corrected chi connectivity index (χ1v) is 16.0. The first-order valence-electron chi connectivity index (χ1n) is 14.8. The van der Waals surface area contributed by atoms with E-state index in [1.165, 1.54) is 35.2 Å². The molecule has 8 heteroatoms. The first-order chi connectivity index (χ1) is 19.1. The van der Waals surface area contributed by atoms with Crippen LogP contribution in [0.5, 0.6) is 0 Å². The average Bonchev–Trinajstić information content (AvgIpc) is 3.07. The van der Waals surface area contributed by atoms with E-state index in [1.54, 1.807) is 7.11 Å². The van der Waals surface area contributed by atoms with E-state index in [0.29, 0.717) is 18.4 Å². The molecule has 0 saturated carbocycles. The topological polar surface area (TPSA) is 54.9 Å². The third-order valence-corrected chi connectivity index (χ3v) is 9.60. The van der Waals surface area contributed by atoms with Gasteiger partial charge in [-0.2, -0.15) is 0 Å². The number of benzene rings is 1. The van der Waals surface area contributed by atoms with Crippen LogP contribution in [-0.2, 0) is 22.3 Å². The Morgan fingerprint density at radius 2 is 1.80 bits per heavy atom. The van der Waals surface area contributed by atoms with E-state index in [0.717, 1.165) is 61.2 Å². The summed E-state index contributed by atoms with van der Waals surface area (Å²) in [7, 11) is 1.74. The second-order valence-corrected chi connectivity index (χ2v) is 14.1. The number of methoxy groups -OCH3 is 1. The Labute approximate surface area is 252 Å². The number of carbonyl (C=O) groups is 1. The van der Waals surface area contributed by atoms with Crippen LogP contribution in [0.2, 0.25) is 5.02 Å². The molecule has 40 heavy (non-hydrogen) atoms. The lowest BCUT2D eigenvalue weighted by atomic mass is 9.75. The number of ether oxygens (including phenoxy) is 2. The molecule has 2 saturated heterocycles. The zero-order valence-electron chi connectivity index (χ0n) is 24.3. The highest BCUT2D eigenvalue weighted by Crippen LogP contribution is 2.42. The average molecular weight is 633 g/mol. The highest BCUT2D eigenvalue weighted by molar-refractivity contribution is 9.10. The Balaban J connectivity index is 1.30. The Morgan fingerprint density at radius 1 is 1.07 bits per heavy atom. The molecular weight excluding hydrogens is 590 g/mol. The van der Waals surface area contributed by atoms with Gasteiger partial charge in [0.2, 0.25) is 0 Å². The number of likely N-dealkylation sites (tertiary alicyclic amines) is 2. The maximum atomic E-state index is 13.0. The summed E-state index contributed by atoms with van der Waals surface area (Å²) in [6.45, 7) is 9.31. The molecule has 1 aliphatic carbocycles. The van der Waals surface area contributed by atoms with Crippen LogP contribution in [-0.4, -0.2) is 65.9 Å². The summed E-state index contributed by atoms with van der Waals surface area (Å²) >= 11 is 10.1. The van der Waals surface area contributed by atoms with Crippen molar-refractivity contribution in [3.8, 4) is 0 Å². The maximum Gasteiger partial charge on any atom is 0.410 e. The van der Waals surface area contributed by atoms with Gasteiger partial charge in [0.25, 0.3) is 0 Å². The molecule has 2 aliphatic heterocycles. The minimum atomic E-state index is -0.488. The van der Waals surface area contributed by atoms with Crippen LogP contribution in [0, 0.1) is 11.8 Å². The third-order valence-electron chi connectivity index (χ3n) is 8.94. The van der Waals surface area contributed by atoms with E-state index >= 15 is 0 Å². The van der Waals surface area contributed by atoms with Gasteiger partial charge in [0, 0.05) is 42.0 Å². The monoisotopic (exact) mass is 631 g/mol. The van der Waals surface area contributed by atoms with Crippen molar-refractivity contribution in [1.29, 1.82) is 0 Å². The van der Waals surface area contributed by atoms with Gasteiger partial charge in [-0.1, -0.05) is 17.7 Å². The zero-order valence-corrected chi connectivity index (χ0v) is 26.6. The summed E-state index contributed by atoms with van der Waals surface area (Å²) in [5.41, 5.74) is 4.71. The van der Waals surface area contributed by atoms with Crippen molar-refractivity contribution in [2.75, 3.05) is 33.4 Å². The van der Waals surface area contributed by atoms with E-state index in [-0.39, 0.29) is 18.2 Å². The molecule has 6 nitrogen and oxygen atoms in total. The molecule has 218 valence electrons. The van der Waals surface area contributed by atoms with Gasteiger partial charge in [-0.15, -0.1) is 0 Å². The van der Waals surface area contributed by atoms with E-state index in [4.69, 9.17) is 26.1 Å². The number of amides is 1. The Kier molecular flexibility index (Phi) is 9.45. The quantitative estimate of drug-likeness (QED) is 0.343. The number of halogens is 2. The molecule has 2 fully saturated rings. The highest BCUT2D eigenvalue weighted by atomic mass is 79.9. The summed E-state index contributed by atoms with van der Waals surface area (Å²) in [5, 5.41) is 0.803. The minimum Gasteiger partial charge on any atom is -0.444 e. The standard InChI is InChI=1S/C32H43BrClN3O3/c1-32(2,3)40-31(38)37-15-11-22(19-27(37)12-16-39-4)21-9-13-36(14-10-21)30-28-8-7-26(34)18-23(28)5-6-24-17-25(33)20-35-29(24)30/h7-8,17-18,20-22,27,30H,5-6,9-16,19H2,1-4H3. The number of fused-ring (bicyclic) bond motifs is 2. The fourth-order valence-corrected chi connectivity index (χ4v) is 7.60. The Morgan fingerprint density at radius 3 is 2.52 bits per heavy atom. The number of pyridine rings is 1. The molecule has 3 unspecified atom stereocenters. The molecule has 0 N–H and O–H groups in total. The Bertz CT molecular complexity index is 1140. The van der Waals surface area contributed by atoms with Gasteiger partial charge in [0.05, 0.1) is 11.7 Å². The van der Waals surface area contributed by atoms with Gasteiger partial charge in [0.1, 0.15) is 5.60 Å². The number of carbonyl (C=O) groups excluding carboxylic acids is 1. The normalized spacial score (nSPS) is 24.2. The maximum absolute atomic E-state index is 13.0. The van der Waals surface area contributed by atoms with Gasteiger partial charge < -0.3 is 14.4 Å². The zero-order chi connectivity index (χ0) is 28.4. The van der Waals surface area contributed by atoms with Crippen molar-refractivity contribution < 1.29 is 14.3 Å². The van der Waals surface area contributed by atoms with Crippen LogP contribution in [0.3, 0.4) is 0 Å². The molecule has 0 bridgehead atoms. The number of aryl methyl sites for hydroxylation is 2. The van der Waals surface area contributed by atoms with Crippen molar-refractivity contribution in [1.82, 2.24) is 14.8 Å². The smallest absolute Gasteiger partial charge is 0.410 e. The summed E-state index contributed by atoms with van der Waals surface area (Å²) < 4.78 is 12.2. The van der Waals surface area contributed by atoms with Crippen LogP contribution >= 0.6 is 27.5 Å². The molecule has 5 rings (SSSR count). The van der Waals surface area contributed by atoms with Crippen LogP contribution in [0.4, 0.5) is 4.79 Å². The van der Waals surface area contributed by atoms with Crippen molar-refractivity contribution in [3.63, 3.8) is 0 Å². The Hall–Kier alpha value is -1.67. The molecule has 1 aromatic carbocycles. The van der Waals surface area contributed by atoms with Crippen molar-refractivity contribution >= 4 is 33.6 Å². The molecule has 3 atom stereocenters. The third kappa shape index (κ3) is 6.86. The van der Waals surface area contributed by atoms with Crippen molar-refractivity contribution in [2.24, 2.45) is 11.8 Å². The SMILES string of the molecule is COCCC1CC(C2CCN(C3c4ccc(Cl)cc4CCc4cc(Br)cnc43)CC2)CCN1C(=O)OC(C)(C)C. The van der Waals surface area contributed by atoms with E-state index in [1.807, 2.05) is 37.9 Å². The summed E-state index contributed by atoms with van der Waals surface area (Å²) in [5.74, 6) is 1.28. The van der Waals surface area contributed by atoms with E-state index in [9.17, 15) is 4.79 Å². The van der Waals surface area contributed by atoms with Crippen LogP contribution < -0.4 is 0 Å². The predicted octanol–water partition coefficient (Wildman–Crippen LogP) is 7.45. The second kappa shape index (κ2) is 12.7. The highest BCUT2D eigenvalue weighted by Gasteiger charge is 2.39. The molecular formula is C32H43BrClN3O3. The lowest BCUT2D eigenvalue weighted by Gasteiger charge is -2.45. The second-order valence-electron chi connectivity index (χ2n) is 12.7. The molecule has 1 aromatic heterocycles. The van der Waals surface area contributed by atoms with Crippen molar-refractivity contribution in [2.45, 2.75) is 83.4 Å². The number of rotatable bonds is 5. The van der Waals surface area contributed by atoms with Gasteiger partial charge in [-0.25, -0.2) is 4.79 Å². The largest absolute Gasteiger partial charge is 0.444 e. The van der Waals surface area contributed by atoms with Gasteiger partial charge in [-0.3, -0.25) is 9.88 Å². The fraction of sp³-hybridized carbons (Fsp3) is 0.625. The van der Waals surface area contributed by atoms with E-state index in [2.05, 4.69) is 39.0 Å². The summed E-state index contributed by atoms with van der Waals surface area (Å²) in [4.78, 5) is 22.6. The molecule has 3 aliphatic rings. The van der Waals surface area contributed by atoms with Gasteiger partial charge in [0.15, 0.2) is 0 Å². The van der Waals surface area contributed by atoms with Gasteiger partial charge in [-0.05, 0) is 141 Å². The number of hydrogen-bond donors (Lipinski definition) is 0. The molecule has 3 heterocycles. The number of aromatic nitrogens is 1. The van der Waals surface area contributed by atoms with E-state index < -0.39 is 5.60 Å². The number of nitrogens with zero attached hydrogens (tertiary/aromatic N) is 3. The predicted molar refractivity (Wildman–Crippen MR) is 163 cm³/mol. The summed E-state index contributed by atoms with van der Waals surface area (Å²) in [6.07, 6.45) is 8.95. The van der Waals surface area contributed by atoms with Crippen molar-refractivity contribution in [3.05, 3.63) is 62.3 Å². The lowest BCUT2D eigenvalue weighted by molar-refractivity contribution is -0.00817. The molecule has 1 amide bonds. The number of piperidine rings is 2. The van der Waals surface area contributed by atoms with Crippen LogP contribution in [0.1, 0.15) is 81.3 Å².